The first-order chi connectivity index (χ1) is 17.4. The monoisotopic (exact) mass is 551 g/mol. The summed E-state index contributed by atoms with van der Waals surface area (Å²) < 4.78 is 31.4. The Bertz CT molecular complexity index is 1170. The number of nitrogens with one attached hydrogen (secondary N) is 1. The van der Waals surface area contributed by atoms with Crippen LogP contribution in [0.1, 0.15) is 51.2 Å². The number of anilines is 1. The lowest BCUT2D eigenvalue weighted by atomic mass is 10.1. The fourth-order valence-electron chi connectivity index (χ4n) is 4.00. The number of amides is 2. The summed E-state index contributed by atoms with van der Waals surface area (Å²) >= 11 is 6.21. The number of carbonyl (C=O) groups excluding carboxylic acids is 2. The number of methoxy groups -OCH3 is 1. The Morgan fingerprint density at radius 3 is 2.27 bits per heavy atom. The fraction of sp³-hybridized carbons (Fsp3) is 0.481. The molecule has 0 saturated heterocycles. The number of hydrogen-bond donors (Lipinski definition) is 1. The van der Waals surface area contributed by atoms with E-state index < -0.39 is 16.1 Å². The lowest BCUT2D eigenvalue weighted by Crippen LogP contribution is -2.50. The maximum Gasteiger partial charge on any atom is 0.243 e. The van der Waals surface area contributed by atoms with Gasteiger partial charge in [-0.25, -0.2) is 8.42 Å². The minimum atomic E-state index is -3.63. The minimum Gasteiger partial charge on any atom is -0.495 e. The maximum atomic E-state index is 13.5. The van der Waals surface area contributed by atoms with Gasteiger partial charge in [0.15, 0.2) is 0 Å². The third kappa shape index (κ3) is 8.93. The highest BCUT2D eigenvalue weighted by Crippen LogP contribution is 2.30. The van der Waals surface area contributed by atoms with Gasteiger partial charge in [-0.2, -0.15) is 0 Å². The van der Waals surface area contributed by atoms with E-state index in [2.05, 4.69) is 5.32 Å². The molecule has 2 aromatic carbocycles. The van der Waals surface area contributed by atoms with Crippen LogP contribution >= 0.6 is 11.6 Å². The molecule has 0 bridgehead atoms. The molecule has 2 amide bonds. The van der Waals surface area contributed by atoms with E-state index in [1.165, 1.54) is 17.5 Å². The van der Waals surface area contributed by atoms with E-state index in [9.17, 15) is 18.0 Å². The average Bonchev–Trinajstić information content (AvgIpc) is 2.81. The number of rotatable bonds is 13. The maximum absolute atomic E-state index is 13.5. The van der Waals surface area contributed by atoms with Gasteiger partial charge in [-0.05, 0) is 57.4 Å². The Morgan fingerprint density at radius 1 is 1.11 bits per heavy atom. The number of ether oxygens (including phenoxy) is 1. The van der Waals surface area contributed by atoms with Crippen molar-refractivity contribution in [1.82, 2.24) is 10.2 Å². The average molecular weight is 552 g/mol. The number of benzene rings is 2. The van der Waals surface area contributed by atoms with Crippen molar-refractivity contribution in [2.45, 2.75) is 65.6 Å². The van der Waals surface area contributed by atoms with Crippen LogP contribution in [0.15, 0.2) is 42.5 Å². The predicted octanol–water partition coefficient (Wildman–Crippen LogP) is 4.54. The molecule has 1 atom stereocenters. The minimum absolute atomic E-state index is 0.0579. The summed E-state index contributed by atoms with van der Waals surface area (Å²) in [6, 6.07) is 11.9. The predicted molar refractivity (Wildman–Crippen MR) is 149 cm³/mol. The molecule has 2 rings (SSSR count). The second kappa shape index (κ2) is 13.7. The molecule has 204 valence electrons. The largest absolute Gasteiger partial charge is 0.495 e. The van der Waals surface area contributed by atoms with E-state index in [0.717, 1.165) is 17.4 Å². The highest BCUT2D eigenvalue weighted by atomic mass is 35.5. The summed E-state index contributed by atoms with van der Waals surface area (Å²) in [5.41, 5.74) is 2.41. The van der Waals surface area contributed by atoms with E-state index in [-0.39, 0.29) is 48.8 Å². The van der Waals surface area contributed by atoms with Gasteiger partial charge in [0, 0.05) is 25.6 Å². The van der Waals surface area contributed by atoms with Gasteiger partial charge in [0.25, 0.3) is 0 Å². The quantitative estimate of drug-likeness (QED) is 0.394. The van der Waals surface area contributed by atoms with Crippen LogP contribution in [0.2, 0.25) is 5.02 Å². The van der Waals surface area contributed by atoms with Crippen LogP contribution in [-0.4, -0.2) is 57.1 Å². The molecule has 2 aromatic rings. The number of nitrogens with zero attached hydrogens (tertiary/aromatic N) is 2. The SMILES string of the molecule is CCC(C(=O)NC(C)C)N(Cc1ccc(C)cc1)C(=O)CCCN(c1ccc(OC)c(Cl)c1)S(C)(=O)=O. The fourth-order valence-corrected chi connectivity index (χ4v) is 5.21. The molecule has 0 aliphatic carbocycles. The van der Waals surface area contributed by atoms with Crippen molar-refractivity contribution in [3.63, 3.8) is 0 Å². The molecule has 0 spiro atoms. The zero-order valence-corrected chi connectivity index (χ0v) is 24.0. The van der Waals surface area contributed by atoms with Crippen molar-refractivity contribution < 1.29 is 22.7 Å². The third-order valence-electron chi connectivity index (χ3n) is 5.87. The number of carbonyl (C=O) groups is 2. The molecule has 10 heteroatoms. The zero-order chi connectivity index (χ0) is 27.8. The van der Waals surface area contributed by atoms with Gasteiger partial charge in [-0.1, -0.05) is 48.4 Å². The van der Waals surface area contributed by atoms with Crippen molar-refractivity contribution in [3.05, 3.63) is 58.6 Å². The van der Waals surface area contributed by atoms with Gasteiger partial charge < -0.3 is 15.0 Å². The van der Waals surface area contributed by atoms with E-state index in [4.69, 9.17) is 16.3 Å². The molecule has 0 aliphatic rings. The van der Waals surface area contributed by atoms with E-state index in [0.29, 0.717) is 17.9 Å². The Kier molecular flexibility index (Phi) is 11.3. The molecule has 8 nitrogen and oxygen atoms in total. The smallest absolute Gasteiger partial charge is 0.243 e. The first-order valence-corrected chi connectivity index (χ1v) is 14.6. The van der Waals surface area contributed by atoms with Crippen molar-refractivity contribution >= 4 is 39.1 Å². The highest BCUT2D eigenvalue weighted by molar-refractivity contribution is 7.92. The van der Waals surface area contributed by atoms with Crippen LogP contribution in [0, 0.1) is 6.92 Å². The normalized spacial score (nSPS) is 12.2. The first-order valence-electron chi connectivity index (χ1n) is 12.3. The molecule has 1 unspecified atom stereocenters. The standard InChI is InChI=1S/C27H38ClN3O5S/c1-7-24(27(33)29-19(2)3)30(18-21-12-10-20(4)11-13-21)26(32)9-8-16-31(37(6,34)35)22-14-15-25(36-5)23(28)17-22/h10-15,17,19,24H,7-9,16,18H2,1-6H3,(H,29,33). The van der Waals surface area contributed by atoms with Crippen LogP contribution in [-0.2, 0) is 26.2 Å². The molecule has 37 heavy (non-hydrogen) atoms. The van der Waals surface area contributed by atoms with Gasteiger partial charge in [0.1, 0.15) is 11.8 Å². The molecular formula is C27H38ClN3O5S. The van der Waals surface area contributed by atoms with Crippen LogP contribution in [0.25, 0.3) is 0 Å². The zero-order valence-electron chi connectivity index (χ0n) is 22.5. The first kappa shape index (κ1) is 30.4. The van der Waals surface area contributed by atoms with Crippen molar-refractivity contribution in [2.24, 2.45) is 0 Å². The Hall–Kier alpha value is -2.78. The molecular weight excluding hydrogens is 514 g/mol. The molecule has 0 aliphatic heterocycles. The molecule has 1 N–H and O–H groups in total. The Morgan fingerprint density at radius 2 is 1.76 bits per heavy atom. The summed E-state index contributed by atoms with van der Waals surface area (Å²) in [4.78, 5) is 28.0. The Labute approximate surface area is 226 Å². The second-order valence-corrected chi connectivity index (χ2v) is 11.7. The number of halogens is 1. The van der Waals surface area contributed by atoms with Crippen molar-refractivity contribution in [3.8, 4) is 5.75 Å². The third-order valence-corrected chi connectivity index (χ3v) is 7.36. The molecule has 0 heterocycles. The molecule has 0 saturated carbocycles. The van der Waals surface area contributed by atoms with Gasteiger partial charge in [-0.15, -0.1) is 0 Å². The second-order valence-electron chi connectivity index (χ2n) is 9.35. The van der Waals surface area contributed by atoms with E-state index in [1.807, 2.05) is 52.0 Å². The Balaban J connectivity index is 2.23. The van der Waals surface area contributed by atoms with Gasteiger partial charge in [0.2, 0.25) is 21.8 Å². The van der Waals surface area contributed by atoms with Crippen LogP contribution in [0.3, 0.4) is 0 Å². The number of sulfonamides is 1. The topological polar surface area (TPSA) is 96.0 Å². The molecule has 0 radical (unpaired) electrons. The van der Waals surface area contributed by atoms with E-state index in [1.54, 1.807) is 17.0 Å². The number of hydrogen-bond acceptors (Lipinski definition) is 5. The summed E-state index contributed by atoms with van der Waals surface area (Å²) in [6.07, 6.45) is 1.91. The van der Waals surface area contributed by atoms with Crippen molar-refractivity contribution in [2.75, 3.05) is 24.2 Å². The molecule has 0 fully saturated rings. The lowest BCUT2D eigenvalue weighted by molar-refractivity contribution is -0.141. The van der Waals surface area contributed by atoms with Crippen LogP contribution in [0.4, 0.5) is 5.69 Å². The van der Waals surface area contributed by atoms with Gasteiger partial charge in [-0.3, -0.25) is 13.9 Å². The van der Waals surface area contributed by atoms with E-state index >= 15 is 0 Å². The van der Waals surface area contributed by atoms with Crippen LogP contribution in [0.5, 0.6) is 5.75 Å². The number of aryl methyl sites for hydroxylation is 1. The van der Waals surface area contributed by atoms with Gasteiger partial charge >= 0.3 is 0 Å². The molecule has 0 aromatic heterocycles. The van der Waals surface area contributed by atoms with Crippen LogP contribution < -0.4 is 14.4 Å². The summed E-state index contributed by atoms with van der Waals surface area (Å²) in [6.45, 7) is 7.98. The summed E-state index contributed by atoms with van der Waals surface area (Å²) in [5, 5.41) is 3.20. The van der Waals surface area contributed by atoms with Gasteiger partial charge in [0.05, 0.1) is 24.1 Å². The van der Waals surface area contributed by atoms with Crippen molar-refractivity contribution in [1.29, 1.82) is 0 Å². The summed E-state index contributed by atoms with van der Waals surface area (Å²) in [7, 11) is -2.15. The summed E-state index contributed by atoms with van der Waals surface area (Å²) in [5.74, 6) is 0.0159. The highest BCUT2D eigenvalue weighted by Gasteiger charge is 2.29. The lowest BCUT2D eigenvalue weighted by Gasteiger charge is -2.31.